The van der Waals surface area contributed by atoms with Crippen LogP contribution in [0.5, 0.6) is 0 Å². The molecule has 7 atom stereocenters. The van der Waals surface area contributed by atoms with E-state index in [1.54, 1.807) is 16.7 Å². The molecule has 5 aliphatic carbocycles. The highest BCUT2D eigenvalue weighted by molar-refractivity contribution is 6.21. The Morgan fingerprint density at radius 2 is 0.977 bits per heavy atom. The van der Waals surface area contributed by atoms with Crippen molar-refractivity contribution in [3.63, 3.8) is 0 Å². The molecule has 2 bridgehead atoms. The van der Waals surface area contributed by atoms with E-state index in [0.717, 1.165) is 32.1 Å². The van der Waals surface area contributed by atoms with Gasteiger partial charge in [0.25, 0.3) is 0 Å². The molecule has 0 nitrogen and oxygen atoms in total. The first kappa shape index (κ1) is 58.2. The van der Waals surface area contributed by atoms with Gasteiger partial charge in [-0.05, 0) is 246 Å². The van der Waals surface area contributed by atoms with E-state index < -0.39 is 0 Å². The van der Waals surface area contributed by atoms with Crippen LogP contribution in [0.1, 0.15) is 200 Å². The number of hydrogen-bond donors (Lipinski definition) is 0. The molecule has 9 aromatic carbocycles. The van der Waals surface area contributed by atoms with Gasteiger partial charge >= 0.3 is 0 Å². The van der Waals surface area contributed by atoms with E-state index in [9.17, 15) is 0 Å². The van der Waals surface area contributed by atoms with Gasteiger partial charge in [-0.3, -0.25) is 0 Å². The van der Waals surface area contributed by atoms with Gasteiger partial charge in [0.2, 0.25) is 0 Å². The summed E-state index contributed by atoms with van der Waals surface area (Å²) in [6.45, 7) is 33.2. The zero-order valence-corrected chi connectivity index (χ0v) is 55.1. The maximum Gasteiger partial charge on any atom is 0.0127 e. The Hall–Kier alpha value is -7.54. The molecule has 1 fully saturated rings. The monoisotopic (exact) mass is 1150 g/mol. The normalized spacial score (nSPS) is 19.6. The predicted octanol–water partition coefficient (Wildman–Crippen LogP) is 23.8. The number of rotatable bonds is 11. The van der Waals surface area contributed by atoms with Gasteiger partial charge in [0.05, 0.1) is 0 Å². The summed E-state index contributed by atoms with van der Waals surface area (Å²) < 4.78 is 0. The molecule has 88 heavy (non-hydrogen) atoms. The number of fused-ring (bicyclic) bond motifs is 12. The topological polar surface area (TPSA) is 0 Å². The highest BCUT2D eigenvalue weighted by atomic mass is 14.5. The SMILES string of the molecule is CC1c2c(C(Cc3ccc(C(C)(C)C)cc3)C(C)c3ccc(C(C)(C)C)cc3)cc3c(cc(C(CCc4ccc(C(C)(C)C)cc4)Cc4ccc(C(C)(C)C)cc4)c4cc5c(cc43)-c3cccc4cccc-5c34)c2C=C2C3=CC=CC4C=CC=C(C3C4)C21. The third-order valence-corrected chi connectivity index (χ3v) is 21.8. The number of allylic oxidation sites excluding steroid dienone is 9. The molecule has 0 amide bonds. The Bertz CT molecular complexity index is 4370. The highest BCUT2D eigenvalue weighted by Crippen LogP contribution is 2.61. The van der Waals surface area contributed by atoms with Crippen molar-refractivity contribution in [1.82, 2.24) is 0 Å². The lowest BCUT2D eigenvalue weighted by Gasteiger charge is -2.37. The summed E-state index contributed by atoms with van der Waals surface area (Å²) >= 11 is 0. The molecule has 0 N–H and O–H groups in total. The minimum Gasteiger partial charge on any atom is -0.0776 e. The van der Waals surface area contributed by atoms with E-state index in [2.05, 4.69) is 297 Å². The molecule has 0 heterocycles. The van der Waals surface area contributed by atoms with E-state index in [0.29, 0.717) is 17.8 Å². The number of hydrogen-bond acceptors (Lipinski definition) is 0. The zero-order chi connectivity index (χ0) is 61.3. The van der Waals surface area contributed by atoms with Crippen LogP contribution in [0.3, 0.4) is 0 Å². The summed E-state index contributed by atoms with van der Waals surface area (Å²) in [5.74, 6) is 2.06. The fourth-order valence-corrected chi connectivity index (χ4v) is 16.6. The maximum absolute atomic E-state index is 2.78. The van der Waals surface area contributed by atoms with Crippen molar-refractivity contribution in [3.05, 3.63) is 278 Å². The van der Waals surface area contributed by atoms with Crippen molar-refractivity contribution >= 4 is 38.4 Å². The van der Waals surface area contributed by atoms with Gasteiger partial charge in [-0.1, -0.05) is 272 Å². The molecule has 9 aromatic rings. The lowest BCUT2D eigenvalue weighted by molar-refractivity contribution is 0.528. The van der Waals surface area contributed by atoms with Crippen molar-refractivity contribution in [2.75, 3.05) is 0 Å². The minimum absolute atomic E-state index is 0.0675. The average Bonchev–Trinajstić information content (AvgIpc) is 1.35. The van der Waals surface area contributed by atoms with Crippen LogP contribution in [0.15, 0.2) is 211 Å². The molecule has 0 aliphatic heterocycles. The predicted molar refractivity (Wildman–Crippen MR) is 380 cm³/mol. The molecule has 7 unspecified atom stereocenters. The van der Waals surface area contributed by atoms with E-state index in [4.69, 9.17) is 0 Å². The van der Waals surface area contributed by atoms with Gasteiger partial charge in [0.1, 0.15) is 0 Å². The van der Waals surface area contributed by atoms with Crippen LogP contribution in [0.4, 0.5) is 0 Å². The van der Waals surface area contributed by atoms with Gasteiger partial charge in [0, 0.05) is 11.8 Å². The molecular formula is C88H92. The summed E-state index contributed by atoms with van der Waals surface area (Å²) in [5, 5.41) is 8.29. The molecule has 5 aliphatic rings. The molecule has 0 aromatic heterocycles. The molecular weight excluding hydrogens is 1060 g/mol. The third-order valence-electron chi connectivity index (χ3n) is 21.8. The maximum atomic E-state index is 2.78. The van der Waals surface area contributed by atoms with E-state index >= 15 is 0 Å². The second-order valence-electron chi connectivity index (χ2n) is 31.6. The Labute approximate surface area is 527 Å². The smallest absolute Gasteiger partial charge is 0.0127 e. The number of aryl methyl sites for hydroxylation is 1. The molecule has 0 heteroatoms. The second kappa shape index (κ2) is 21.6. The molecule has 0 spiro atoms. The van der Waals surface area contributed by atoms with Crippen LogP contribution in [0, 0.1) is 17.8 Å². The number of benzene rings is 9. The fraction of sp³-hybridized carbons (Fsp3) is 0.341. The molecule has 1 saturated carbocycles. The average molecular weight is 1150 g/mol. The highest BCUT2D eigenvalue weighted by Gasteiger charge is 2.46. The Morgan fingerprint density at radius 1 is 0.477 bits per heavy atom. The lowest BCUT2D eigenvalue weighted by Crippen LogP contribution is -2.22. The summed E-state index contributed by atoms with van der Waals surface area (Å²) in [7, 11) is 0. The third kappa shape index (κ3) is 10.3. The lowest BCUT2D eigenvalue weighted by atomic mass is 9.67. The standard InChI is InChI=1S/C88H92/c1-53(59-35-43-65(44-36-59)88(12,13)14)70(46-58-32-41-64(42-33-58)87(9,10)11)80-51-77-76-50-74-69-26-18-22-60-21-17-25-68(84(60)69)73(74)49-75(76)71(48-78(77)81-52-79-66-23-15-19-56-20-16-24-67(72(66)47-56)82(79)54(2)83(80)81)61(45-57-30-39-63(40-31-57)86(6,7)8)34-27-55-28-37-62(38-29-55)85(3,4)5/h15-26,28-33,35-44,48-54,56,61,70,72,82H,27,34,45-47H2,1-14H3. The zero-order valence-electron chi connectivity index (χ0n) is 55.1. The van der Waals surface area contributed by atoms with Gasteiger partial charge < -0.3 is 0 Å². The van der Waals surface area contributed by atoms with Crippen LogP contribution < -0.4 is 0 Å². The van der Waals surface area contributed by atoms with Crippen molar-refractivity contribution in [2.24, 2.45) is 17.8 Å². The van der Waals surface area contributed by atoms with Crippen LogP contribution in [0.2, 0.25) is 0 Å². The van der Waals surface area contributed by atoms with Gasteiger partial charge in [0.15, 0.2) is 0 Å². The first-order valence-corrected chi connectivity index (χ1v) is 33.5. The quantitative estimate of drug-likeness (QED) is 0.113. The van der Waals surface area contributed by atoms with Crippen molar-refractivity contribution < 1.29 is 0 Å². The second-order valence-corrected chi connectivity index (χ2v) is 31.6. The van der Waals surface area contributed by atoms with Crippen LogP contribution >= 0.6 is 0 Å². The summed E-state index contributed by atoms with van der Waals surface area (Å²) in [6.07, 6.45) is 22.6. The van der Waals surface area contributed by atoms with E-state index in [1.165, 1.54) is 121 Å². The van der Waals surface area contributed by atoms with Gasteiger partial charge in [-0.2, -0.15) is 0 Å². The van der Waals surface area contributed by atoms with Crippen molar-refractivity contribution in [3.8, 4) is 22.3 Å². The summed E-state index contributed by atoms with van der Waals surface area (Å²) in [4.78, 5) is 0. The Kier molecular flexibility index (Phi) is 14.3. The van der Waals surface area contributed by atoms with E-state index in [-0.39, 0.29) is 45.3 Å². The Balaban J connectivity index is 1.06. The summed E-state index contributed by atoms with van der Waals surface area (Å²) in [6, 6.07) is 63.7. The molecule has 444 valence electrons. The van der Waals surface area contributed by atoms with Gasteiger partial charge in [-0.25, -0.2) is 0 Å². The van der Waals surface area contributed by atoms with Crippen molar-refractivity contribution in [1.29, 1.82) is 0 Å². The first-order valence-electron chi connectivity index (χ1n) is 33.5. The van der Waals surface area contributed by atoms with E-state index in [1.807, 2.05) is 0 Å². The Morgan fingerprint density at radius 3 is 1.55 bits per heavy atom. The van der Waals surface area contributed by atoms with Gasteiger partial charge in [-0.15, -0.1) is 0 Å². The fourth-order valence-electron chi connectivity index (χ4n) is 16.6. The summed E-state index contributed by atoms with van der Waals surface area (Å²) in [5.41, 5.74) is 27.7. The molecule has 0 radical (unpaired) electrons. The van der Waals surface area contributed by atoms with Crippen LogP contribution in [-0.4, -0.2) is 0 Å². The van der Waals surface area contributed by atoms with Crippen LogP contribution in [-0.2, 0) is 40.9 Å². The largest absolute Gasteiger partial charge is 0.0776 e. The van der Waals surface area contributed by atoms with Crippen LogP contribution in [0.25, 0.3) is 60.6 Å². The molecule has 0 saturated heterocycles. The van der Waals surface area contributed by atoms with Crippen molar-refractivity contribution in [2.45, 2.75) is 174 Å². The molecule has 14 rings (SSSR count). The first-order chi connectivity index (χ1) is 42.0. The minimum atomic E-state index is 0.0675.